The quantitative estimate of drug-likeness (QED) is 0.938. The minimum atomic E-state index is -0.328. The number of halogens is 2. The Balaban J connectivity index is 2.31. The summed E-state index contributed by atoms with van der Waals surface area (Å²) in [7, 11) is 0. The average molecular weight is 286 g/mol. The summed E-state index contributed by atoms with van der Waals surface area (Å²) in [6, 6.07) is 4.52. The van der Waals surface area contributed by atoms with Gasteiger partial charge in [0, 0.05) is 12.0 Å². The third-order valence-corrected chi connectivity index (χ3v) is 2.61. The highest BCUT2D eigenvalue weighted by atomic mass is 79.9. The van der Waals surface area contributed by atoms with E-state index in [0.29, 0.717) is 34.7 Å². The molecule has 1 aromatic carbocycles. The number of rotatable bonds is 3. The molecule has 0 amide bonds. The van der Waals surface area contributed by atoms with E-state index in [1.54, 1.807) is 12.1 Å². The zero-order valence-corrected chi connectivity index (χ0v) is 9.87. The third kappa shape index (κ3) is 2.28. The van der Waals surface area contributed by atoms with Gasteiger partial charge < -0.3 is 10.3 Å². The minimum absolute atomic E-state index is 0.328. The molecule has 0 aliphatic carbocycles. The summed E-state index contributed by atoms with van der Waals surface area (Å²) < 4.78 is 18.4. The largest absolute Gasteiger partial charge is 0.334 e. The summed E-state index contributed by atoms with van der Waals surface area (Å²) in [5.74, 6) is 0.590. The fraction of sp³-hybridized carbons (Fsp3) is 0.200. The molecule has 0 aliphatic heterocycles. The van der Waals surface area contributed by atoms with Crippen molar-refractivity contribution in [2.75, 3.05) is 6.54 Å². The lowest BCUT2D eigenvalue weighted by atomic mass is 10.2. The minimum Gasteiger partial charge on any atom is -0.334 e. The predicted octanol–water partition coefficient (Wildman–Crippen LogP) is 2.14. The molecule has 84 valence electrons. The maximum atomic E-state index is 13.0. The molecule has 0 unspecified atom stereocenters. The van der Waals surface area contributed by atoms with E-state index in [1.165, 1.54) is 6.07 Å². The Morgan fingerprint density at radius 2 is 2.25 bits per heavy atom. The van der Waals surface area contributed by atoms with Crippen LogP contribution in [0.3, 0.4) is 0 Å². The van der Waals surface area contributed by atoms with E-state index in [4.69, 9.17) is 10.3 Å². The Kier molecular flexibility index (Phi) is 3.31. The van der Waals surface area contributed by atoms with Gasteiger partial charge in [0.05, 0.1) is 4.47 Å². The average Bonchev–Trinajstić information content (AvgIpc) is 2.71. The number of hydrogen-bond donors (Lipinski definition) is 1. The van der Waals surface area contributed by atoms with E-state index in [9.17, 15) is 4.39 Å². The third-order valence-electron chi connectivity index (χ3n) is 2.00. The van der Waals surface area contributed by atoms with Crippen LogP contribution in [-0.2, 0) is 6.42 Å². The van der Waals surface area contributed by atoms with Crippen molar-refractivity contribution >= 4 is 15.9 Å². The van der Waals surface area contributed by atoms with Gasteiger partial charge in [-0.15, -0.1) is 0 Å². The molecule has 16 heavy (non-hydrogen) atoms. The maximum absolute atomic E-state index is 13.0. The molecule has 0 radical (unpaired) electrons. The molecule has 4 nitrogen and oxygen atoms in total. The van der Waals surface area contributed by atoms with Crippen LogP contribution in [0.2, 0.25) is 0 Å². The van der Waals surface area contributed by atoms with E-state index in [0.717, 1.165) is 0 Å². The monoisotopic (exact) mass is 285 g/mol. The molecule has 2 N–H and O–H groups in total. The van der Waals surface area contributed by atoms with E-state index in [2.05, 4.69) is 26.1 Å². The van der Waals surface area contributed by atoms with Gasteiger partial charge in [-0.1, -0.05) is 5.16 Å². The number of aromatic nitrogens is 2. The lowest BCUT2D eigenvalue weighted by Gasteiger charge is -1.96. The van der Waals surface area contributed by atoms with Crippen molar-refractivity contribution in [1.82, 2.24) is 10.1 Å². The maximum Gasteiger partial charge on any atom is 0.257 e. The number of nitrogens with zero attached hydrogens (tertiary/aromatic N) is 2. The van der Waals surface area contributed by atoms with Gasteiger partial charge >= 0.3 is 0 Å². The van der Waals surface area contributed by atoms with Crippen LogP contribution in [-0.4, -0.2) is 16.7 Å². The van der Waals surface area contributed by atoms with Crippen LogP contribution < -0.4 is 5.73 Å². The first-order chi connectivity index (χ1) is 7.70. The summed E-state index contributed by atoms with van der Waals surface area (Å²) >= 11 is 3.10. The molecule has 0 saturated carbocycles. The Labute approximate surface area is 99.8 Å². The Hall–Kier alpha value is -1.27. The summed E-state index contributed by atoms with van der Waals surface area (Å²) in [5.41, 5.74) is 6.04. The van der Waals surface area contributed by atoms with Gasteiger partial charge in [0.25, 0.3) is 5.89 Å². The number of benzene rings is 1. The Bertz CT molecular complexity index is 501. The Morgan fingerprint density at radius 1 is 1.44 bits per heavy atom. The summed E-state index contributed by atoms with van der Waals surface area (Å²) in [5, 5.41) is 3.76. The summed E-state index contributed by atoms with van der Waals surface area (Å²) in [6.07, 6.45) is 0.561. The number of hydrogen-bond acceptors (Lipinski definition) is 4. The predicted molar refractivity (Wildman–Crippen MR) is 60.2 cm³/mol. The van der Waals surface area contributed by atoms with E-state index >= 15 is 0 Å². The molecule has 0 atom stereocenters. The first kappa shape index (κ1) is 11.2. The molecule has 0 fully saturated rings. The SMILES string of the molecule is NCCc1noc(-c2ccc(F)c(Br)c2)n1. The highest BCUT2D eigenvalue weighted by Gasteiger charge is 2.10. The van der Waals surface area contributed by atoms with Crippen molar-refractivity contribution in [3.05, 3.63) is 34.3 Å². The lowest BCUT2D eigenvalue weighted by Crippen LogP contribution is -2.03. The van der Waals surface area contributed by atoms with Crippen molar-refractivity contribution in [1.29, 1.82) is 0 Å². The normalized spacial score (nSPS) is 10.7. The molecule has 0 spiro atoms. The van der Waals surface area contributed by atoms with Crippen molar-refractivity contribution in [3.8, 4) is 11.5 Å². The van der Waals surface area contributed by atoms with Crippen LogP contribution >= 0.6 is 15.9 Å². The molecular weight excluding hydrogens is 277 g/mol. The smallest absolute Gasteiger partial charge is 0.257 e. The van der Waals surface area contributed by atoms with Gasteiger partial charge in [-0.2, -0.15) is 4.98 Å². The van der Waals surface area contributed by atoms with E-state index < -0.39 is 0 Å². The number of nitrogens with two attached hydrogens (primary N) is 1. The van der Waals surface area contributed by atoms with E-state index in [1.807, 2.05) is 0 Å². The van der Waals surface area contributed by atoms with Gasteiger partial charge in [0.1, 0.15) is 5.82 Å². The molecule has 6 heteroatoms. The Morgan fingerprint density at radius 3 is 2.94 bits per heavy atom. The van der Waals surface area contributed by atoms with Crippen LogP contribution in [0, 0.1) is 5.82 Å². The van der Waals surface area contributed by atoms with Crippen LogP contribution in [0.4, 0.5) is 4.39 Å². The van der Waals surface area contributed by atoms with Crippen LogP contribution in [0.1, 0.15) is 5.82 Å². The van der Waals surface area contributed by atoms with Gasteiger partial charge in [0.15, 0.2) is 5.82 Å². The second-order valence-electron chi connectivity index (χ2n) is 3.18. The second kappa shape index (κ2) is 4.71. The first-order valence-corrected chi connectivity index (χ1v) is 5.48. The zero-order chi connectivity index (χ0) is 11.5. The fourth-order valence-electron chi connectivity index (χ4n) is 1.23. The van der Waals surface area contributed by atoms with Gasteiger partial charge in [-0.3, -0.25) is 0 Å². The van der Waals surface area contributed by atoms with Crippen LogP contribution in [0.25, 0.3) is 11.5 Å². The molecule has 0 bridgehead atoms. The van der Waals surface area contributed by atoms with Crippen LogP contribution in [0.5, 0.6) is 0 Å². The summed E-state index contributed by atoms with van der Waals surface area (Å²) in [6.45, 7) is 0.464. The van der Waals surface area contributed by atoms with Crippen LogP contribution in [0.15, 0.2) is 27.2 Å². The molecule has 2 aromatic rings. The van der Waals surface area contributed by atoms with E-state index in [-0.39, 0.29) is 5.82 Å². The van der Waals surface area contributed by atoms with Gasteiger partial charge in [-0.25, -0.2) is 4.39 Å². The molecule has 2 rings (SSSR count). The molecule has 1 aromatic heterocycles. The van der Waals surface area contributed by atoms with Crippen molar-refractivity contribution < 1.29 is 8.91 Å². The van der Waals surface area contributed by atoms with Gasteiger partial charge in [-0.05, 0) is 40.7 Å². The summed E-state index contributed by atoms with van der Waals surface area (Å²) in [4.78, 5) is 4.14. The highest BCUT2D eigenvalue weighted by Crippen LogP contribution is 2.23. The van der Waals surface area contributed by atoms with Crippen molar-refractivity contribution in [2.45, 2.75) is 6.42 Å². The lowest BCUT2D eigenvalue weighted by molar-refractivity contribution is 0.422. The van der Waals surface area contributed by atoms with Crippen molar-refractivity contribution in [3.63, 3.8) is 0 Å². The standard InChI is InChI=1S/C10H9BrFN3O/c11-7-5-6(1-2-8(7)12)10-14-9(3-4-13)15-16-10/h1-2,5H,3-4,13H2. The zero-order valence-electron chi connectivity index (χ0n) is 8.28. The molecular formula is C10H9BrFN3O. The molecule has 0 saturated heterocycles. The topological polar surface area (TPSA) is 64.9 Å². The fourth-order valence-corrected chi connectivity index (χ4v) is 1.61. The molecule has 1 heterocycles. The first-order valence-electron chi connectivity index (χ1n) is 4.69. The molecule has 0 aliphatic rings. The second-order valence-corrected chi connectivity index (χ2v) is 4.04. The highest BCUT2D eigenvalue weighted by molar-refractivity contribution is 9.10. The van der Waals surface area contributed by atoms with Gasteiger partial charge in [0.2, 0.25) is 0 Å². The van der Waals surface area contributed by atoms with Crippen molar-refractivity contribution in [2.24, 2.45) is 5.73 Å².